The first-order chi connectivity index (χ1) is 6.99. The van der Waals surface area contributed by atoms with E-state index < -0.39 is 11.9 Å². The molecule has 84 valence electrons. The highest BCUT2D eigenvalue weighted by Gasteiger charge is 2.19. The van der Waals surface area contributed by atoms with E-state index in [4.69, 9.17) is 11.5 Å². The van der Waals surface area contributed by atoms with E-state index in [0.717, 1.165) is 12.4 Å². The molecule has 1 atom stereocenters. The highest BCUT2D eigenvalue weighted by molar-refractivity contribution is 5.79. The van der Waals surface area contributed by atoms with Crippen molar-refractivity contribution in [2.75, 3.05) is 24.2 Å². The number of carbonyl (C=O) groups excluding carboxylic acids is 1. The van der Waals surface area contributed by atoms with Gasteiger partial charge in [-0.2, -0.15) is 5.10 Å². The zero-order chi connectivity index (χ0) is 11.6. The molecule has 1 aromatic rings. The van der Waals surface area contributed by atoms with Crippen LogP contribution in [-0.2, 0) is 4.79 Å². The molecule has 0 aromatic carbocycles. The van der Waals surface area contributed by atoms with Crippen LogP contribution < -0.4 is 16.4 Å². The molecule has 0 saturated heterocycles. The van der Waals surface area contributed by atoms with Gasteiger partial charge in [-0.25, -0.2) is 4.68 Å². The van der Waals surface area contributed by atoms with E-state index in [1.54, 1.807) is 11.6 Å². The molecule has 1 heterocycles. The number of nitrogens with two attached hydrogens (primary N) is 2. The molecular weight excluding hydrogens is 194 g/mol. The molecule has 6 heteroatoms. The van der Waals surface area contributed by atoms with Crippen LogP contribution in [0, 0.1) is 0 Å². The lowest BCUT2D eigenvalue weighted by atomic mass is 10.3. The number of carbonyl (C=O) groups is 1. The molecule has 6 nitrogen and oxygen atoms in total. The third kappa shape index (κ3) is 2.03. The highest BCUT2D eigenvalue weighted by Crippen LogP contribution is 2.24. The highest BCUT2D eigenvalue weighted by atomic mass is 16.1. The van der Waals surface area contributed by atoms with Crippen molar-refractivity contribution in [2.24, 2.45) is 5.73 Å². The molecular formula is C9H17N5O. The summed E-state index contributed by atoms with van der Waals surface area (Å²) in [6.07, 6.45) is 1.53. The van der Waals surface area contributed by atoms with Crippen molar-refractivity contribution < 1.29 is 4.79 Å². The standard InChI is InChI=1S/C9H17N5O/c1-4-13(3)9-7(10)5-12-14(9)6(2)8(11)15/h5-6H,4,10H2,1-3H3,(H2,11,15). The number of hydrogen-bond acceptors (Lipinski definition) is 4. The average molecular weight is 211 g/mol. The molecule has 0 fully saturated rings. The molecule has 4 N–H and O–H groups in total. The summed E-state index contributed by atoms with van der Waals surface area (Å²) in [6.45, 7) is 4.47. The van der Waals surface area contributed by atoms with Gasteiger partial charge in [-0.1, -0.05) is 0 Å². The fourth-order valence-electron chi connectivity index (χ4n) is 1.32. The summed E-state index contributed by atoms with van der Waals surface area (Å²) in [6, 6.07) is -0.494. The van der Waals surface area contributed by atoms with Crippen molar-refractivity contribution in [1.82, 2.24) is 9.78 Å². The normalized spacial score (nSPS) is 12.5. The first-order valence-electron chi connectivity index (χ1n) is 4.82. The van der Waals surface area contributed by atoms with E-state index in [2.05, 4.69) is 5.10 Å². The summed E-state index contributed by atoms with van der Waals surface area (Å²) in [5.74, 6) is 0.299. The van der Waals surface area contributed by atoms with Gasteiger partial charge in [0.15, 0.2) is 5.82 Å². The molecule has 1 rings (SSSR count). The van der Waals surface area contributed by atoms with Gasteiger partial charge in [-0.3, -0.25) is 4.79 Å². The van der Waals surface area contributed by atoms with Gasteiger partial charge in [0.1, 0.15) is 6.04 Å². The lowest BCUT2D eigenvalue weighted by Crippen LogP contribution is -2.29. The summed E-state index contributed by atoms with van der Waals surface area (Å²) in [5, 5.41) is 4.06. The third-order valence-corrected chi connectivity index (χ3v) is 2.41. The summed E-state index contributed by atoms with van der Waals surface area (Å²) in [7, 11) is 1.89. The van der Waals surface area contributed by atoms with Gasteiger partial charge in [-0.05, 0) is 13.8 Å². The molecule has 0 aliphatic rings. The van der Waals surface area contributed by atoms with E-state index in [1.165, 1.54) is 6.20 Å². The number of nitrogen functional groups attached to an aromatic ring is 1. The maximum Gasteiger partial charge on any atom is 0.242 e. The SMILES string of the molecule is CCN(C)c1c(N)cnn1C(C)C(N)=O. The van der Waals surface area contributed by atoms with E-state index in [-0.39, 0.29) is 0 Å². The molecule has 0 aliphatic heterocycles. The van der Waals surface area contributed by atoms with Crippen molar-refractivity contribution in [3.05, 3.63) is 6.20 Å². The van der Waals surface area contributed by atoms with Gasteiger partial charge in [0.25, 0.3) is 0 Å². The summed E-state index contributed by atoms with van der Waals surface area (Å²) >= 11 is 0. The number of aromatic nitrogens is 2. The van der Waals surface area contributed by atoms with Crippen LogP contribution in [0.2, 0.25) is 0 Å². The second-order valence-electron chi connectivity index (χ2n) is 3.46. The van der Waals surface area contributed by atoms with Crippen molar-refractivity contribution in [1.29, 1.82) is 0 Å². The van der Waals surface area contributed by atoms with E-state index in [0.29, 0.717) is 5.69 Å². The van der Waals surface area contributed by atoms with Crippen molar-refractivity contribution >= 4 is 17.4 Å². The zero-order valence-electron chi connectivity index (χ0n) is 9.27. The van der Waals surface area contributed by atoms with Crippen LogP contribution in [0.1, 0.15) is 19.9 Å². The van der Waals surface area contributed by atoms with E-state index in [1.807, 2.05) is 18.9 Å². The Hall–Kier alpha value is -1.72. The summed E-state index contributed by atoms with van der Waals surface area (Å²) in [5.41, 5.74) is 11.6. The second kappa shape index (κ2) is 4.20. The average Bonchev–Trinajstić information content (AvgIpc) is 2.57. The molecule has 1 amide bonds. The van der Waals surface area contributed by atoms with Crippen molar-refractivity contribution in [3.63, 3.8) is 0 Å². The monoisotopic (exact) mass is 211 g/mol. The Morgan fingerprint density at radius 1 is 1.73 bits per heavy atom. The Morgan fingerprint density at radius 3 is 2.80 bits per heavy atom. The quantitative estimate of drug-likeness (QED) is 0.731. The van der Waals surface area contributed by atoms with Gasteiger partial charge in [0, 0.05) is 13.6 Å². The second-order valence-corrected chi connectivity index (χ2v) is 3.46. The predicted octanol–water partition coefficient (Wildman–Crippen LogP) is -0.0323. The fraction of sp³-hybridized carbons (Fsp3) is 0.556. The molecule has 1 unspecified atom stereocenters. The Balaban J connectivity index is 3.14. The zero-order valence-corrected chi connectivity index (χ0v) is 9.27. The van der Waals surface area contributed by atoms with Crippen LogP contribution in [0.25, 0.3) is 0 Å². The Kier molecular flexibility index (Phi) is 3.18. The molecule has 0 radical (unpaired) electrons. The summed E-state index contributed by atoms with van der Waals surface area (Å²) in [4.78, 5) is 13.0. The van der Waals surface area contributed by atoms with Crippen LogP contribution >= 0.6 is 0 Å². The maximum atomic E-state index is 11.1. The largest absolute Gasteiger partial charge is 0.394 e. The molecule has 0 aliphatic carbocycles. The van der Waals surface area contributed by atoms with E-state index >= 15 is 0 Å². The lowest BCUT2D eigenvalue weighted by Gasteiger charge is -2.21. The first kappa shape index (κ1) is 11.4. The first-order valence-corrected chi connectivity index (χ1v) is 4.82. The van der Waals surface area contributed by atoms with Crippen molar-refractivity contribution in [3.8, 4) is 0 Å². The smallest absolute Gasteiger partial charge is 0.242 e. The third-order valence-electron chi connectivity index (χ3n) is 2.41. The van der Waals surface area contributed by atoms with Gasteiger partial charge in [0.05, 0.1) is 11.9 Å². The molecule has 15 heavy (non-hydrogen) atoms. The fourth-order valence-corrected chi connectivity index (χ4v) is 1.32. The minimum absolute atomic E-state index is 0.427. The molecule has 0 saturated carbocycles. The van der Waals surface area contributed by atoms with Gasteiger partial charge >= 0.3 is 0 Å². The van der Waals surface area contributed by atoms with Crippen LogP contribution in [0.4, 0.5) is 11.5 Å². The lowest BCUT2D eigenvalue weighted by molar-refractivity contribution is -0.120. The number of nitrogens with zero attached hydrogens (tertiary/aromatic N) is 3. The van der Waals surface area contributed by atoms with Crippen LogP contribution in [0.15, 0.2) is 6.20 Å². The van der Waals surface area contributed by atoms with E-state index in [9.17, 15) is 4.79 Å². The minimum atomic E-state index is -0.494. The van der Waals surface area contributed by atoms with Gasteiger partial charge < -0.3 is 16.4 Å². The van der Waals surface area contributed by atoms with Crippen LogP contribution in [0.3, 0.4) is 0 Å². The Bertz CT molecular complexity index is 359. The predicted molar refractivity (Wildman–Crippen MR) is 59.5 cm³/mol. The molecule has 0 bridgehead atoms. The van der Waals surface area contributed by atoms with Crippen molar-refractivity contribution in [2.45, 2.75) is 19.9 Å². The maximum absolute atomic E-state index is 11.1. The number of anilines is 2. The molecule has 1 aromatic heterocycles. The molecule has 0 spiro atoms. The number of rotatable bonds is 4. The van der Waals surface area contributed by atoms with Gasteiger partial charge in [0.2, 0.25) is 5.91 Å². The Labute approximate surface area is 88.8 Å². The topological polar surface area (TPSA) is 90.2 Å². The number of hydrogen-bond donors (Lipinski definition) is 2. The Morgan fingerprint density at radius 2 is 2.33 bits per heavy atom. The van der Waals surface area contributed by atoms with Crippen LogP contribution in [-0.4, -0.2) is 29.3 Å². The van der Waals surface area contributed by atoms with Gasteiger partial charge in [-0.15, -0.1) is 0 Å². The van der Waals surface area contributed by atoms with Crippen LogP contribution in [0.5, 0.6) is 0 Å². The number of amides is 1. The number of primary amides is 1. The minimum Gasteiger partial charge on any atom is -0.394 e. The summed E-state index contributed by atoms with van der Waals surface area (Å²) < 4.78 is 1.54.